The number of nitrogens with zero attached hydrogens (tertiary/aromatic N) is 4. The van der Waals surface area contributed by atoms with E-state index in [4.69, 9.17) is 26.3 Å². The quantitative estimate of drug-likeness (QED) is 0.142. The third-order valence-corrected chi connectivity index (χ3v) is 9.33. The molecule has 266 valence electrons. The van der Waals surface area contributed by atoms with Crippen LogP contribution >= 0.6 is 0 Å². The van der Waals surface area contributed by atoms with E-state index in [2.05, 4.69) is 27.4 Å². The van der Waals surface area contributed by atoms with E-state index >= 15 is 0 Å². The van der Waals surface area contributed by atoms with Crippen LogP contribution in [0.5, 0.6) is 5.75 Å². The van der Waals surface area contributed by atoms with Gasteiger partial charge in [-0.2, -0.15) is 0 Å². The van der Waals surface area contributed by atoms with Gasteiger partial charge in [0.25, 0.3) is 0 Å². The predicted octanol–water partition coefficient (Wildman–Crippen LogP) is 6.56. The second-order valence-corrected chi connectivity index (χ2v) is 14.7. The number of benzene rings is 2. The minimum absolute atomic E-state index is 0.239. The summed E-state index contributed by atoms with van der Waals surface area (Å²) in [5, 5.41) is 23.5. The number of nitrogens with one attached hydrogen (secondary N) is 4. The van der Waals surface area contributed by atoms with Crippen LogP contribution in [-0.4, -0.2) is 58.9 Å². The predicted molar refractivity (Wildman–Crippen MR) is 200 cm³/mol. The number of rotatable bonds is 7. The molecule has 1 fully saturated rings. The number of urea groups is 1. The molecule has 0 radical (unpaired) electrons. The Morgan fingerprint density at radius 2 is 1.76 bits per heavy atom. The first-order chi connectivity index (χ1) is 23.8. The molecule has 0 bridgehead atoms. The van der Waals surface area contributed by atoms with E-state index in [-0.39, 0.29) is 35.1 Å². The smallest absolute Gasteiger partial charge is 0.320 e. The van der Waals surface area contributed by atoms with Gasteiger partial charge in [0.2, 0.25) is 5.96 Å². The average Bonchev–Trinajstić information content (AvgIpc) is 3.06. The highest BCUT2D eigenvalue weighted by atomic mass is 16.5. The highest BCUT2D eigenvalue weighted by Gasteiger charge is 2.30. The first kappa shape index (κ1) is 36.4. The van der Waals surface area contributed by atoms with E-state index in [9.17, 15) is 4.79 Å². The Morgan fingerprint density at radius 1 is 1.04 bits per heavy atom. The van der Waals surface area contributed by atoms with E-state index in [1.54, 1.807) is 29.0 Å². The van der Waals surface area contributed by atoms with Crippen molar-refractivity contribution < 1.29 is 9.53 Å². The number of ether oxygens (including phenoxy) is 1. The van der Waals surface area contributed by atoms with Crippen LogP contribution in [0.3, 0.4) is 0 Å². The number of allylic oxidation sites excluding steroid dienone is 1. The number of fused-ring (bicyclic) bond motifs is 1. The van der Waals surface area contributed by atoms with E-state index in [0.29, 0.717) is 41.8 Å². The first-order valence-electron chi connectivity index (χ1n) is 17.5. The molecule has 0 spiro atoms. The Morgan fingerprint density at radius 3 is 2.44 bits per heavy atom. The lowest BCUT2D eigenvalue weighted by Gasteiger charge is -2.36. The zero-order valence-corrected chi connectivity index (χ0v) is 30.3. The Balaban J connectivity index is 1.31. The summed E-state index contributed by atoms with van der Waals surface area (Å²) < 4.78 is 8.14. The van der Waals surface area contributed by atoms with Crippen molar-refractivity contribution in [1.82, 2.24) is 25.0 Å². The maximum Gasteiger partial charge on any atom is 0.320 e. The number of aromatic nitrogens is 1. The summed E-state index contributed by atoms with van der Waals surface area (Å²) in [7, 11) is 4.06. The zero-order chi connectivity index (χ0) is 36.0. The van der Waals surface area contributed by atoms with Gasteiger partial charge in [-0.1, -0.05) is 57.2 Å². The second-order valence-electron chi connectivity index (χ2n) is 14.7. The van der Waals surface area contributed by atoms with Crippen molar-refractivity contribution in [2.24, 2.45) is 16.1 Å². The summed E-state index contributed by atoms with van der Waals surface area (Å²) in [6, 6.07) is 19.1. The lowest BCUT2D eigenvalue weighted by Crippen LogP contribution is -2.47. The van der Waals surface area contributed by atoms with Gasteiger partial charge in [0.1, 0.15) is 23.2 Å². The van der Waals surface area contributed by atoms with E-state index < -0.39 is 0 Å². The fourth-order valence-corrected chi connectivity index (χ4v) is 6.42. The van der Waals surface area contributed by atoms with Crippen molar-refractivity contribution in [2.75, 3.05) is 20.6 Å². The molecule has 3 aromatic rings. The number of carbonyl (C=O) groups is 1. The van der Waals surface area contributed by atoms with Crippen molar-refractivity contribution >= 4 is 23.5 Å². The summed E-state index contributed by atoms with van der Waals surface area (Å²) in [6.45, 7) is 9.83. The fraction of sp³-hybridized carbons (Fsp3) is 0.436. The van der Waals surface area contributed by atoms with Crippen molar-refractivity contribution in [3.05, 3.63) is 101 Å². The number of piperidine rings is 1. The molecule has 11 heteroatoms. The zero-order valence-electron chi connectivity index (χ0n) is 30.3. The van der Waals surface area contributed by atoms with Crippen LogP contribution < -0.4 is 26.6 Å². The van der Waals surface area contributed by atoms with Gasteiger partial charge < -0.3 is 25.6 Å². The minimum Gasteiger partial charge on any atom is -0.484 e. The van der Waals surface area contributed by atoms with Crippen molar-refractivity contribution in [3.8, 4) is 5.75 Å². The van der Waals surface area contributed by atoms with Gasteiger partial charge in [-0.05, 0) is 94.1 Å². The van der Waals surface area contributed by atoms with Gasteiger partial charge in [-0.25, -0.2) is 9.79 Å². The second kappa shape index (κ2) is 15.8. The molecule has 6 N–H and O–H groups in total. The molecule has 50 heavy (non-hydrogen) atoms. The molecule has 2 amide bonds. The van der Waals surface area contributed by atoms with Crippen LogP contribution in [0.2, 0.25) is 0 Å². The van der Waals surface area contributed by atoms with Crippen LogP contribution in [0.4, 0.5) is 10.5 Å². The molecular weight excluding hydrogens is 626 g/mol. The Hall–Kier alpha value is -4.90. The number of amidine groups is 1. The Labute approximate surface area is 296 Å². The summed E-state index contributed by atoms with van der Waals surface area (Å²) >= 11 is 0. The standard InChI is InChI=1S/C39H53N9O2/c1-26-11-9-10-22-47(26)37(42)48-25-29(18-21-35(48)41)50-33-20-19-32(30-12-7-8-13-31(30)33)44-38(49)45-36(23-34(40)39(2,3)4)43-28-16-14-27(15-17-28)24-46(5)6/h7-8,12-18,21,23,25-26,32-33,41-42H,9-11,19-20,22,24,40H2,1-6H3,(H2,43,44,45,49)/b34-23-,41-35?,42-37?/t26-,32-,33+/m0/s1. The van der Waals surface area contributed by atoms with Crippen LogP contribution in [0.1, 0.15) is 88.6 Å². The number of hydrogen-bond donors (Lipinski definition) is 5. The van der Waals surface area contributed by atoms with E-state index in [1.165, 1.54) is 5.56 Å². The maximum atomic E-state index is 13.5. The van der Waals surface area contributed by atoms with Crippen LogP contribution in [-0.2, 0) is 6.54 Å². The largest absolute Gasteiger partial charge is 0.484 e. The minimum atomic E-state index is -0.373. The molecule has 2 aliphatic rings. The van der Waals surface area contributed by atoms with Gasteiger partial charge in [0, 0.05) is 36.3 Å². The van der Waals surface area contributed by atoms with Crippen molar-refractivity contribution in [1.29, 1.82) is 10.8 Å². The third-order valence-electron chi connectivity index (χ3n) is 9.33. The summed E-state index contributed by atoms with van der Waals surface area (Å²) in [5.41, 5.74) is 10.8. The maximum absolute atomic E-state index is 13.5. The molecule has 1 saturated heterocycles. The van der Waals surface area contributed by atoms with E-state index in [1.807, 2.05) is 83.4 Å². The lowest BCUT2D eigenvalue weighted by atomic mass is 9.85. The first-order valence-corrected chi connectivity index (χ1v) is 17.5. The van der Waals surface area contributed by atoms with Gasteiger partial charge in [-0.3, -0.25) is 20.7 Å². The Kier molecular flexibility index (Phi) is 11.5. The van der Waals surface area contributed by atoms with Gasteiger partial charge >= 0.3 is 6.03 Å². The van der Waals surface area contributed by atoms with Crippen LogP contribution in [0, 0.1) is 16.2 Å². The molecule has 1 aromatic heterocycles. The van der Waals surface area contributed by atoms with Gasteiger partial charge in [0.15, 0.2) is 0 Å². The molecule has 1 aliphatic carbocycles. The van der Waals surface area contributed by atoms with Crippen molar-refractivity contribution in [3.63, 3.8) is 0 Å². The van der Waals surface area contributed by atoms with Crippen LogP contribution in [0.25, 0.3) is 0 Å². The number of carbonyl (C=O) groups excluding carboxylic acids is 1. The molecule has 1 aliphatic heterocycles. The molecule has 3 atom stereocenters. The molecule has 0 saturated carbocycles. The SMILES string of the molecule is C[C@H]1CCCCN1C(=N)n1cc(O[C@@H]2CC[C@H](NC(=O)NC(/C=C(\N)C(C)(C)C)=Nc3ccc(CN(C)C)cc3)c3ccccc32)ccc1=N. The lowest BCUT2D eigenvalue weighted by molar-refractivity contribution is 0.170. The molecule has 2 aromatic carbocycles. The van der Waals surface area contributed by atoms with E-state index in [0.717, 1.165) is 43.5 Å². The normalized spacial score (nSPS) is 19.9. The number of likely N-dealkylation sites (tertiary alicyclic amines) is 1. The fourth-order valence-electron chi connectivity index (χ4n) is 6.42. The van der Waals surface area contributed by atoms with Crippen LogP contribution in [0.15, 0.2) is 83.6 Å². The van der Waals surface area contributed by atoms with Gasteiger partial charge in [-0.15, -0.1) is 0 Å². The highest BCUT2D eigenvalue weighted by molar-refractivity contribution is 6.05. The van der Waals surface area contributed by atoms with Crippen molar-refractivity contribution in [2.45, 2.75) is 84.5 Å². The third kappa shape index (κ3) is 9.20. The summed E-state index contributed by atoms with van der Waals surface area (Å²) in [5.74, 6) is 1.25. The highest BCUT2D eigenvalue weighted by Crippen LogP contribution is 2.38. The number of amides is 2. The number of pyridine rings is 1. The van der Waals surface area contributed by atoms with Gasteiger partial charge in [0.05, 0.1) is 17.9 Å². The molecule has 11 nitrogen and oxygen atoms in total. The average molecular weight is 680 g/mol. The summed E-state index contributed by atoms with van der Waals surface area (Å²) in [4.78, 5) is 22.5. The molecule has 0 unspecified atom stereocenters. The topological polar surface area (TPSA) is 148 Å². The monoisotopic (exact) mass is 679 g/mol. The summed E-state index contributed by atoms with van der Waals surface area (Å²) in [6.07, 6.45) is 7.81. The molecule has 5 rings (SSSR count). The number of hydrogen-bond acceptors (Lipinski definition) is 7. The number of nitrogens with two attached hydrogens (primary N) is 1. The molecule has 2 heterocycles. The Bertz CT molecular complexity index is 1790. The molecular formula is C39H53N9O2. The number of aliphatic imine (C=N–C) groups is 1.